The molecule has 0 fully saturated rings. The van der Waals surface area contributed by atoms with E-state index in [1.54, 1.807) is 0 Å². The average molecular weight is 694 g/mol. The van der Waals surface area contributed by atoms with Crippen molar-refractivity contribution in [3.05, 3.63) is 169 Å². The molecule has 0 aliphatic heterocycles. The van der Waals surface area contributed by atoms with Gasteiger partial charge in [-0.3, -0.25) is 0 Å². The van der Waals surface area contributed by atoms with Crippen molar-refractivity contribution in [1.29, 1.82) is 0 Å². The van der Waals surface area contributed by atoms with Crippen molar-refractivity contribution in [2.75, 3.05) is 0 Å². The van der Waals surface area contributed by atoms with Crippen LogP contribution in [0.15, 0.2) is 167 Å². The maximum absolute atomic E-state index is 6.61. The number of para-hydroxylation sites is 1. The molecule has 0 N–H and O–H groups in total. The molecule has 54 heavy (non-hydrogen) atoms. The maximum atomic E-state index is 6.61. The molecule has 254 valence electrons. The molecule has 0 spiro atoms. The summed E-state index contributed by atoms with van der Waals surface area (Å²) in [4.78, 5) is 15.7. The third-order valence-electron chi connectivity index (χ3n) is 10.6. The Labute approximate surface area is 310 Å². The molecule has 3 heterocycles. The first-order chi connectivity index (χ1) is 26.7. The Morgan fingerprint density at radius 2 is 1.13 bits per heavy atom. The number of fused-ring (bicyclic) bond motifs is 7. The predicted octanol–water partition coefficient (Wildman–Crippen LogP) is 13.0. The van der Waals surface area contributed by atoms with Gasteiger partial charge in [0.05, 0.1) is 0 Å². The topological polar surface area (TPSA) is 65.0 Å². The van der Waals surface area contributed by atoms with Crippen molar-refractivity contribution in [3.63, 3.8) is 0 Å². The molecule has 7 aromatic carbocycles. The minimum absolute atomic E-state index is 0.579. The zero-order valence-corrected chi connectivity index (χ0v) is 29.2. The first-order valence-corrected chi connectivity index (χ1v) is 18.3. The fraction of sp³-hybridized carbons (Fsp3) is 0.0408. The number of benzene rings is 7. The summed E-state index contributed by atoms with van der Waals surface area (Å²) < 4.78 is 13.0. The molecule has 0 bridgehead atoms. The van der Waals surface area contributed by atoms with E-state index in [2.05, 4.69) is 140 Å². The summed E-state index contributed by atoms with van der Waals surface area (Å²) in [6.45, 7) is 0. The molecule has 3 aromatic heterocycles. The van der Waals surface area contributed by atoms with Gasteiger partial charge in [-0.15, -0.1) is 0 Å². The van der Waals surface area contributed by atoms with Crippen LogP contribution in [0.25, 0.3) is 106 Å². The molecule has 0 unspecified atom stereocenters. The Morgan fingerprint density at radius 1 is 0.426 bits per heavy atom. The molecule has 0 amide bonds. The summed E-state index contributed by atoms with van der Waals surface area (Å²) in [7, 11) is 0. The Hall–Kier alpha value is -7.11. The summed E-state index contributed by atoms with van der Waals surface area (Å²) in [5.41, 5.74) is 10.7. The van der Waals surface area contributed by atoms with E-state index in [1.807, 2.05) is 24.3 Å². The SMILES string of the molecule is C1=Cc2c(oc3cccc(-c4cc(-c5nc(-c6ccc(-c7ccccc7)cc6)nc(-c6ccc7ccccc7c6)n5)c5c(c4)oc4ccccc45)c23)CC1. The van der Waals surface area contributed by atoms with Crippen LogP contribution in [0.1, 0.15) is 17.7 Å². The molecule has 0 saturated carbocycles. The standard InChI is InChI=1S/C49H31N3O2/c1-2-11-30(12-3-1)32-21-24-33(25-22-32)47-50-48(35-26-23-31-13-4-5-14-34(31)27-35)52-49(51-47)40-28-36(29-44-46(40)39-16-7-9-19-42(39)54-44)37-17-10-20-43-45(37)38-15-6-8-18-41(38)53-43/h1-7,9-17,19-29H,8,18H2. The number of hydrogen-bond acceptors (Lipinski definition) is 5. The van der Waals surface area contributed by atoms with Gasteiger partial charge in [-0.1, -0.05) is 133 Å². The van der Waals surface area contributed by atoms with Crippen LogP contribution in [0.3, 0.4) is 0 Å². The lowest BCUT2D eigenvalue weighted by Gasteiger charge is -2.12. The van der Waals surface area contributed by atoms with Gasteiger partial charge in [-0.05, 0) is 69.8 Å². The van der Waals surface area contributed by atoms with E-state index in [1.165, 1.54) is 0 Å². The Morgan fingerprint density at radius 3 is 2.02 bits per heavy atom. The summed E-state index contributed by atoms with van der Waals surface area (Å²) in [6.07, 6.45) is 6.31. The summed E-state index contributed by atoms with van der Waals surface area (Å²) in [5, 5.41) is 5.38. The molecule has 5 heteroatoms. The van der Waals surface area contributed by atoms with Gasteiger partial charge in [0.25, 0.3) is 0 Å². The highest BCUT2D eigenvalue weighted by Crippen LogP contribution is 2.43. The minimum Gasteiger partial charge on any atom is -0.460 e. The van der Waals surface area contributed by atoms with E-state index in [4.69, 9.17) is 23.8 Å². The number of allylic oxidation sites excluding steroid dienone is 1. The Bertz CT molecular complexity index is 3100. The van der Waals surface area contributed by atoms with E-state index in [0.717, 1.165) is 107 Å². The normalized spacial score (nSPS) is 12.6. The second-order valence-electron chi connectivity index (χ2n) is 13.9. The fourth-order valence-corrected chi connectivity index (χ4v) is 7.95. The highest BCUT2D eigenvalue weighted by Gasteiger charge is 2.23. The molecule has 1 aliphatic carbocycles. The van der Waals surface area contributed by atoms with Crippen LogP contribution >= 0.6 is 0 Å². The third-order valence-corrected chi connectivity index (χ3v) is 10.6. The van der Waals surface area contributed by atoms with E-state index in [9.17, 15) is 0 Å². The summed E-state index contributed by atoms with van der Waals surface area (Å²) in [6, 6.07) is 52.5. The van der Waals surface area contributed by atoms with Gasteiger partial charge >= 0.3 is 0 Å². The monoisotopic (exact) mass is 693 g/mol. The highest BCUT2D eigenvalue weighted by molar-refractivity contribution is 6.14. The molecule has 0 radical (unpaired) electrons. The van der Waals surface area contributed by atoms with Crippen molar-refractivity contribution in [3.8, 4) is 56.4 Å². The smallest absolute Gasteiger partial charge is 0.164 e. The lowest BCUT2D eigenvalue weighted by Crippen LogP contribution is -2.01. The molecular weight excluding hydrogens is 663 g/mol. The third kappa shape index (κ3) is 5.05. The zero-order chi connectivity index (χ0) is 35.6. The van der Waals surface area contributed by atoms with Crippen molar-refractivity contribution < 1.29 is 8.83 Å². The highest BCUT2D eigenvalue weighted by atomic mass is 16.3. The van der Waals surface area contributed by atoms with E-state index >= 15 is 0 Å². The van der Waals surface area contributed by atoms with Crippen LogP contribution in [0, 0.1) is 0 Å². The summed E-state index contributed by atoms with van der Waals surface area (Å²) in [5.74, 6) is 2.82. The van der Waals surface area contributed by atoms with Gasteiger partial charge in [0.1, 0.15) is 22.5 Å². The number of hydrogen-bond donors (Lipinski definition) is 0. The van der Waals surface area contributed by atoms with Crippen LogP contribution in [0.5, 0.6) is 0 Å². The Kier molecular flexibility index (Phi) is 6.92. The lowest BCUT2D eigenvalue weighted by molar-refractivity contribution is 0.546. The average Bonchev–Trinajstić information content (AvgIpc) is 3.82. The number of rotatable bonds is 5. The van der Waals surface area contributed by atoms with E-state index in [0.29, 0.717) is 17.5 Å². The second kappa shape index (κ2) is 12.2. The van der Waals surface area contributed by atoms with Crippen molar-refractivity contribution >= 4 is 49.8 Å². The van der Waals surface area contributed by atoms with Gasteiger partial charge in [-0.2, -0.15) is 0 Å². The van der Waals surface area contributed by atoms with Gasteiger partial charge in [0.15, 0.2) is 17.5 Å². The van der Waals surface area contributed by atoms with E-state index in [-0.39, 0.29) is 0 Å². The second-order valence-corrected chi connectivity index (χ2v) is 13.9. The van der Waals surface area contributed by atoms with Crippen LogP contribution in [0.2, 0.25) is 0 Å². The number of furan rings is 2. The van der Waals surface area contributed by atoms with E-state index < -0.39 is 0 Å². The molecule has 11 rings (SSSR count). The van der Waals surface area contributed by atoms with Gasteiger partial charge in [0, 0.05) is 44.8 Å². The van der Waals surface area contributed by atoms with Crippen LogP contribution in [-0.4, -0.2) is 15.0 Å². The first kappa shape index (κ1) is 30.5. The van der Waals surface area contributed by atoms with Crippen molar-refractivity contribution in [2.24, 2.45) is 0 Å². The summed E-state index contributed by atoms with van der Waals surface area (Å²) >= 11 is 0. The fourth-order valence-electron chi connectivity index (χ4n) is 7.95. The van der Waals surface area contributed by atoms with Crippen molar-refractivity contribution in [1.82, 2.24) is 15.0 Å². The molecule has 5 nitrogen and oxygen atoms in total. The zero-order valence-electron chi connectivity index (χ0n) is 29.2. The largest absolute Gasteiger partial charge is 0.460 e. The number of aromatic nitrogens is 3. The van der Waals surface area contributed by atoms with Gasteiger partial charge in [-0.25, -0.2) is 15.0 Å². The first-order valence-electron chi connectivity index (χ1n) is 18.3. The quantitative estimate of drug-likeness (QED) is 0.179. The lowest BCUT2D eigenvalue weighted by atomic mass is 9.93. The number of aryl methyl sites for hydroxylation is 1. The molecular formula is C49H31N3O2. The molecule has 1 aliphatic rings. The van der Waals surface area contributed by atoms with Gasteiger partial charge in [0.2, 0.25) is 0 Å². The van der Waals surface area contributed by atoms with Crippen LogP contribution < -0.4 is 0 Å². The molecule has 10 aromatic rings. The molecule has 0 saturated heterocycles. The predicted molar refractivity (Wildman–Crippen MR) is 219 cm³/mol. The number of nitrogens with zero attached hydrogens (tertiary/aromatic N) is 3. The van der Waals surface area contributed by atoms with Crippen molar-refractivity contribution in [2.45, 2.75) is 12.8 Å². The maximum Gasteiger partial charge on any atom is 0.164 e. The van der Waals surface area contributed by atoms with Gasteiger partial charge < -0.3 is 8.83 Å². The van der Waals surface area contributed by atoms with Crippen LogP contribution in [0.4, 0.5) is 0 Å². The molecule has 0 atom stereocenters. The Balaban J connectivity index is 1.17. The minimum atomic E-state index is 0.579. The van der Waals surface area contributed by atoms with Crippen LogP contribution in [-0.2, 0) is 6.42 Å².